The first kappa shape index (κ1) is 27.4. The van der Waals surface area contributed by atoms with Crippen molar-refractivity contribution in [2.75, 3.05) is 17.2 Å². The van der Waals surface area contributed by atoms with Crippen molar-refractivity contribution in [3.8, 4) is 0 Å². The van der Waals surface area contributed by atoms with Gasteiger partial charge in [0.25, 0.3) is 11.8 Å². The number of nitrogens with zero attached hydrogens (tertiary/aromatic N) is 4. The van der Waals surface area contributed by atoms with E-state index in [1.807, 2.05) is 30.3 Å². The number of ether oxygens (including phenoxy) is 2. The Morgan fingerprint density at radius 3 is 2.65 bits per heavy atom. The number of hydrogen-bond donors (Lipinski definition) is 1. The van der Waals surface area contributed by atoms with E-state index >= 15 is 0 Å². The highest BCUT2D eigenvalue weighted by molar-refractivity contribution is 8.00. The number of alkyl carbamates (subject to hydrolysis) is 1. The highest BCUT2D eigenvalue weighted by Gasteiger charge is 2.54. The van der Waals surface area contributed by atoms with Crippen molar-refractivity contribution in [3.05, 3.63) is 77.4 Å². The topological polar surface area (TPSA) is 131 Å². The number of hydrogen-bond acceptors (Lipinski definition) is 9. The molecule has 0 spiro atoms. The van der Waals surface area contributed by atoms with Gasteiger partial charge in [-0.2, -0.15) is 0 Å². The lowest BCUT2D eigenvalue weighted by Crippen LogP contribution is -2.70. The normalized spacial score (nSPS) is 21.7. The van der Waals surface area contributed by atoms with Crippen molar-refractivity contribution >= 4 is 41.5 Å². The lowest BCUT2D eigenvalue weighted by Gasteiger charge is -2.49. The minimum atomic E-state index is -0.855. The van der Waals surface area contributed by atoms with Crippen molar-refractivity contribution in [2.45, 2.75) is 50.8 Å². The molecule has 2 fully saturated rings. The molecule has 2 atom stereocenters. The molecule has 0 aliphatic carbocycles. The van der Waals surface area contributed by atoms with Crippen LogP contribution in [0.25, 0.3) is 0 Å². The number of amides is 3. The van der Waals surface area contributed by atoms with Crippen LogP contribution in [0.2, 0.25) is 0 Å². The third-order valence-corrected chi connectivity index (χ3v) is 7.68. The van der Waals surface area contributed by atoms with Gasteiger partial charge in [0.2, 0.25) is 0 Å². The van der Waals surface area contributed by atoms with Crippen LogP contribution in [0.4, 0.5) is 10.6 Å². The van der Waals surface area contributed by atoms with Gasteiger partial charge in [-0.15, -0.1) is 11.8 Å². The largest absolute Gasteiger partial charge is 0.456 e. The molecule has 3 aliphatic rings. The molecular formula is C28H29N5O6S. The van der Waals surface area contributed by atoms with Gasteiger partial charge in [0.15, 0.2) is 5.82 Å². The zero-order chi connectivity index (χ0) is 28.4. The maximum absolute atomic E-state index is 13.4. The zero-order valence-corrected chi connectivity index (χ0v) is 23.1. The lowest BCUT2D eigenvalue weighted by molar-refractivity contribution is -0.152. The molecule has 3 aliphatic heterocycles. The fourth-order valence-corrected chi connectivity index (χ4v) is 5.88. The minimum Gasteiger partial charge on any atom is -0.456 e. The molecule has 0 bridgehead atoms. The number of carbonyl (C=O) groups excluding carboxylic acids is 4. The standard InChI is InChI=1S/C28H29N5O6S/c1-28(2,3)39-27(37)31-21-24(35)33-22(26(36)38-15-17-7-5-4-6-8-17)19(16-40-25(21)33)13-18-9-12-32(23(18)34)20-14-29-10-11-30-20/h4-8,10-11,13-14,21,25H,9,12,15-16H2,1-3H3,(H,31,37)/b18-13+/t21-,25-/m1/s1. The Morgan fingerprint density at radius 1 is 1.18 bits per heavy atom. The molecule has 0 unspecified atom stereocenters. The average molecular weight is 564 g/mol. The second-order valence-corrected chi connectivity index (χ2v) is 11.5. The highest BCUT2D eigenvalue weighted by atomic mass is 32.2. The third-order valence-electron chi connectivity index (χ3n) is 6.38. The van der Waals surface area contributed by atoms with E-state index in [-0.39, 0.29) is 18.2 Å². The van der Waals surface area contributed by atoms with Crippen LogP contribution >= 0.6 is 11.8 Å². The number of aromatic nitrogens is 2. The fourth-order valence-electron chi connectivity index (χ4n) is 4.58. The second-order valence-electron chi connectivity index (χ2n) is 10.4. The van der Waals surface area contributed by atoms with Gasteiger partial charge in [0.1, 0.15) is 29.3 Å². The molecule has 12 heteroatoms. The van der Waals surface area contributed by atoms with E-state index in [0.717, 1.165) is 5.56 Å². The van der Waals surface area contributed by atoms with Crippen LogP contribution in [0.1, 0.15) is 32.8 Å². The lowest BCUT2D eigenvalue weighted by atomic mass is 10.0. The maximum atomic E-state index is 13.4. The SMILES string of the molecule is CC(C)(C)OC(=O)N[C@@H]1C(=O)N2C(C(=O)OCc3ccccc3)=C(/C=C3\CCN(c4cnccn4)C3=O)CS[C@H]12. The van der Waals surface area contributed by atoms with Crippen molar-refractivity contribution in [1.29, 1.82) is 0 Å². The minimum absolute atomic E-state index is 0.0197. The number of allylic oxidation sites excluding steroid dienone is 1. The van der Waals surface area contributed by atoms with Crippen molar-refractivity contribution in [3.63, 3.8) is 0 Å². The molecule has 1 aromatic carbocycles. The van der Waals surface area contributed by atoms with E-state index in [9.17, 15) is 19.2 Å². The third kappa shape index (κ3) is 5.71. The molecule has 0 saturated carbocycles. The van der Waals surface area contributed by atoms with Crippen LogP contribution in [0, 0.1) is 0 Å². The molecule has 11 nitrogen and oxygen atoms in total. The number of benzene rings is 1. The van der Waals surface area contributed by atoms with Gasteiger partial charge in [-0.1, -0.05) is 30.3 Å². The Kier molecular flexibility index (Phi) is 7.61. The van der Waals surface area contributed by atoms with Crippen LogP contribution < -0.4 is 10.2 Å². The average Bonchev–Trinajstić information content (AvgIpc) is 3.29. The van der Waals surface area contributed by atoms with Gasteiger partial charge < -0.3 is 14.8 Å². The molecule has 1 aromatic heterocycles. The number of rotatable bonds is 6. The number of anilines is 1. The number of fused-ring (bicyclic) bond motifs is 1. The molecule has 208 valence electrons. The zero-order valence-electron chi connectivity index (χ0n) is 22.3. The summed E-state index contributed by atoms with van der Waals surface area (Å²) in [6, 6.07) is 8.35. The number of β-lactam (4-membered cyclic amide) rings is 1. The second kappa shape index (κ2) is 11.1. The van der Waals surface area contributed by atoms with Gasteiger partial charge in [0.05, 0.1) is 6.20 Å². The Hall–Kier alpha value is -4.19. The van der Waals surface area contributed by atoms with Crippen LogP contribution in [0.15, 0.2) is 71.8 Å². The molecule has 5 rings (SSSR count). The molecule has 2 saturated heterocycles. The van der Waals surface area contributed by atoms with Gasteiger partial charge in [0, 0.05) is 30.3 Å². The number of thioether (sulfide) groups is 1. The molecule has 3 amide bonds. The Balaban J connectivity index is 1.41. The summed E-state index contributed by atoms with van der Waals surface area (Å²) in [5.74, 6) is -0.597. The van der Waals surface area contributed by atoms with Crippen molar-refractivity contribution in [1.82, 2.24) is 20.2 Å². The summed E-state index contributed by atoms with van der Waals surface area (Å²) < 4.78 is 10.9. The Labute approximate surface area is 235 Å². The van der Waals surface area contributed by atoms with Crippen LogP contribution in [-0.2, 0) is 30.5 Å². The van der Waals surface area contributed by atoms with E-state index in [1.54, 1.807) is 26.8 Å². The number of carbonyl (C=O) groups is 4. The van der Waals surface area contributed by atoms with Gasteiger partial charge in [-0.25, -0.2) is 14.6 Å². The first-order chi connectivity index (χ1) is 19.1. The molecule has 0 radical (unpaired) electrons. The highest BCUT2D eigenvalue weighted by Crippen LogP contribution is 2.42. The van der Waals surface area contributed by atoms with E-state index in [0.29, 0.717) is 35.7 Å². The summed E-state index contributed by atoms with van der Waals surface area (Å²) in [6.07, 6.45) is 5.96. The predicted octanol–water partition coefficient (Wildman–Crippen LogP) is 2.95. The van der Waals surface area contributed by atoms with Crippen LogP contribution in [0.5, 0.6) is 0 Å². The van der Waals surface area contributed by atoms with E-state index in [4.69, 9.17) is 9.47 Å². The molecule has 4 heterocycles. The predicted molar refractivity (Wildman–Crippen MR) is 147 cm³/mol. The quantitative estimate of drug-likeness (QED) is 0.320. The van der Waals surface area contributed by atoms with Gasteiger partial charge >= 0.3 is 12.1 Å². The van der Waals surface area contributed by atoms with Gasteiger partial charge in [-0.3, -0.25) is 24.4 Å². The molecular weight excluding hydrogens is 534 g/mol. The van der Waals surface area contributed by atoms with Gasteiger partial charge in [-0.05, 0) is 44.4 Å². The number of nitrogens with one attached hydrogen (secondary N) is 1. The fraction of sp³-hybridized carbons (Fsp3) is 0.357. The molecule has 40 heavy (non-hydrogen) atoms. The summed E-state index contributed by atoms with van der Waals surface area (Å²) in [4.78, 5) is 63.4. The monoisotopic (exact) mass is 563 g/mol. The molecule has 2 aromatic rings. The Morgan fingerprint density at radius 2 is 1.95 bits per heavy atom. The summed E-state index contributed by atoms with van der Waals surface area (Å²) in [7, 11) is 0. The van der Waals surface area contributed by atoms with Crippen molar-refractivity contribution in [2.24, 2.45) is 0 Å². The first-order valence-corrected chi connectivity index (χ1v) is 13.8. The van der Waals surface area contributed by atoms with Crippen LogP contribution in [-0.4, -0.2) is 68.1 Å². The van der Waals surface area contributed by atoms with Crippen LogP contribution in [0.3, 0.4) is 0 Å². The van der Waals surface area contributed by atoms with Crippen molar-refractivity contribution < 1.29 is 28.7 Å². The summed E-state index contributed by atoms with van der Waals surface area (Å²) >= 11 is 1.39. The first-order valence-electron chi connectivity index (χ1n) is 12.8. The summed E-state index contributed by atoms with van der Waals surface area (Å²) in [5, 5.41) is 2.10. The van der Waals surface area contributed by atoms with E-state index < -0.39 is 35.0 Å². The summed E-state index contributed by atoms with van der Waals surface area (Å²) in [6.45, 7) is 5.64. The smallest absolute Gasteiger partial charge is 0.408 e. The van der Waals surface area contributed by atoms with E-state index in [2.05, 4.69) is 15.3 Å². The maximum Gasteiger partial charge on any atom is 0.408 e. The Bertz CT molecular complexity index is 1390. The molecule has 1 N–H and O–H groups in total. The summed E-state index contributed by atoms with van der Waals surface area (Å²) in [5.41, 5.74) is 1.14. The number of esters is 1. The van der Waals surface area contributed by atoms with E-state index in [1.165, 1.54) is 40.2 Å².